The van der Waals surface area contributed by atoms with E-state index in [0.717, 1.165) is 10.4 Å². The number of piperazine rings is 1. The van der Waals surface area contributed by atoms with Crippen molar-refractivity contribution >= 4 is 68.3 Å². The van der Waals surface area contributed by atoms with Crippen molar-refractivity contribution in [3.05, 3.63) is 87.1 Å². The second-order valence-electron chi connectivity index (χ2n) is 10.9. The molecule has 2 atom stereocenters. The molecule has 0 aliphatic carbocycles. The molecule has 2 N–H and O–H groups in total. The molecule has 1 saturated heterocycles. The number of sulfonamides is 1. The molecule has 4 rings (SSSR count). The number of halogens is 2. The number of hydrogen-bond donors (Lipinski definition) is 1. The van der Waals surface area contributed by atoms with Gasteiger partial charge in [-0.2, -0.15) is 0 Å². The number of benzene rings is 2. The Hall–Kier alpha value is -3.49. The highest BCUT2D eigenvalue weighted by Crippen LogP contribution is 2.24. The zero-order valence-electron chi connectivity index (χ0n) is 25.7. The van der Waals surface area contributed by atoms with Crippen LogP contribution in [0.3, 0.4) is 0 Å². The molecule has 2 unspecified atom stereocenters. The van der Waals surface area contributed by atoms with Crippen LogP contribution in [0.15, 0.2) is 70.9 Å². The minimum absolute atomic E-state index is 0.0537. The lowest BCUT2D eigenvalue weighted by molar-refractivity contribution is -0.159. The van der Waals surface area contributed by atoms with Crippen LogP contribution in [0, 0.1) is 0 Å². The minimum atomic E-state index is -3.88. The van der Waals surface area contributed by atoms with Crippen LogP contribution in [0.4, 0.5) is 0 Å². The van der Waals surface area contributed by atoms with E-state index in [-0.39, 0.29) is 62.9 Å². The number of carbonyl (C=O) groups is 4. The lowest BCUT2D eigenvalue weighted by Crippen LogP contribution is -2.63. The Balaban J connectivity index is 1.55. The summed E-state index contributed by atoms with van der Waals surface area (Å²) in [6.45, 7) is 1.43. The molecule has 3 aromatic rings. The number of nitrogens with zero attached hydrogens (tertiary/aromatic N) is 3. The molecular weight excluding hydrogens is 687 g/mol. The van der Waals surface area contributed by atoms with Crippen LogP contribution in [-0.4, -0.2) is 91.1 Å². The van der Waals surface area contributed by atoms with Crippen molar-refractivity contribution in [2.24, 2.45) is 5.14 Å². The number of ether oxygens (including phenoxy) is 1. The van der Waals surface area contributed by atoms with E-state index in [0.29, 0.717) is 17.0 Å². The van der Waals surface area contributed by atoms with Gasteiger partial charge in [-0.3, -0.25) is 19.2 Å². The highest BCUT2D eigenvalue weighted by atomic mass is 35.5. The van der Waals surface area contributed by atoms with Crippen LogP contribution in [0.5, 0.6) is 0 Å². The molecule has 11 nitrogen and oxygen atoms in total. The van der Waals surface area contributed by atoms with Gasteiger partial charge >= 0.3 is 5.97 Å². The van der Waals surface area contributed by atoms with Gasteiger partial charge in [0.05, 0.1) is 17.9 Å². The lowest BCUT2D eigenvalue weighted by Gasteiger charge is -2.42. The fraction of sp³-hybridized carbons (Fsp3) is 0.375. The Bertz CT molecular complexity index is 1650. The number of esters is 1. The molecule has 252 valence electrons. The molecule has 1 aliphatic rings. The average Bonchev–Trinajstić information content (AvgIpc) is 3.55. The fourth-order valence-electron chi connectivity index (χ4n) is 5.20. The monoisotopic (exact) mass is 722 g/mol. The van der Waals surface area contributed by atoms with E-state index in [1.165, 1.54) is 38.2 Å². The summed E-state index contributed by atoms with van der Waals surface area (Å²) in [6, 6.07) is 15.6. The van der Waals surface area contributed by atoms with Gasteiger partial charge in [-0.25, -0.2) is 13.6 Å². The van der Waals surface area contributed by atoms with Crippen molar-refractivity contribution in [3.8, 4) is 0 Å². The molecule has 47 heavy (non-hydrogen) atoms. The maximum absolute atomic E-state index is 14.0. The first-order valence-electron chi connectivity index (χ1n) is 14.9. The fourth-order valence-corrected chi connectivity index (χ4v) is 6.88. The molecule has 15 heteroatoms. The third-order valence-electron chi connectivity index (χ3n) is 7.67. The highest BCUT2D eigenvalue weighted by Gasteiger charge is 2.43. The molecule has 0 spiro atoms. The minimum Gasteiger partial charge on any atom is -0.465 e. The number of amides is 3. The van der Waals surface area contributed by atoms with Crippen molar-refractivity contribution in [2.75, 3.05) is 32.8 Å². The van der Waals surface area contributed by atoms with Crippen molar-refractivity contribution in [1.82, 2.24) is 14.7 Å². The van der Waals surface area contributed by atoms with Gasteiger partial charge < -0.3 is 19.4 Å². The van der Waals surface area contributed by atoms with E-state index in [1.54, 1.807) is 43.3 Å². The van der Waals surface area contributed by atoms with E-state index in [4.69, 9.17) is 33.1 Å². The summed E-state index contributed by atoms with van der Waals surface area (Å²) >= 11 is 14.3. The summed E-state index contributed by atoms with van der Waals surface area (Å²) in [5, 5.41) is 7.67. The van der Waals surface area contributed by atoms with Crippen LogP contribution in [0.1, 0.15) is 29.3 Å². The van der Waals surface area contributed by atoms with E-state index in [1.807, 2.05) is 17.5 Å². The van der Waals surface area contributed by atoms with Crippen molar-refractivity contribution in [1.29, 1.82) is 0 Å². The van der Waals surface area contributed by atoms with E-state index in [9.17, 15) is 27.6 Å². The predicted molar refractivity (Wildman–Crippen MR) is 179 cm³/mol. The molecule has 2 heterocycles. The van der Waals surface area contributed by atoms with Gasteiger partial charge in [0, 0.05) is 29.4 Å². The third-order valence-corrected chi connectivity index (χ3v) is 10.2. The smallest absolute Gasteiger partial charge is 0.325 e. The first-order chi connectivity index (χ1) is 22.3. The Morgan fingerprint density at radius 1 is 1.06 bits per heavy atom. The molecule has 1 fully saturated rings. The Kier molecular flexibility index (Phi) is 12.8. The van der Waals surface area contributed by atoms with Crippen molar-refractivity contribution in [3.63, 3.8) is 0 Å². The number of primary sulfonamides is 1. The standard InChI is InChI=1S/C32H36Cl2N4O7S2/c1-2-45-31(41)21-36(15-13-22-7-11-26(12-8-22)47(35,43)44)29(39)19-27-32(42)38(28(34)18-23-5-9-24(33)10-6-23)20-30(40)37(27)16-14-25-4-3-17-46-25/h3-12,17,27-28H,2,13-16,18-21H2,1H3,(H2,35,43,44). The van der Waals surface area contributed by atoms with Gasteiger partial charge in [0.25, 0.3) is 0 Å². The third kappa shape index (κ3) is 10.2. The van der Waals surface area contributed by atoms with Gasteiger partial charge in [0.1, 0.15) is 24.6 Å². The Labute approximate surface area is 288 Å². The Morgan fingerprint density at radius 2 is 1.74 bits per heavy atom. The largest absolute Gasteiger partial charge is 0.465 e. The maximum Gasteiger partial charge on any atom is 0.325 e. The summed E-state index contributed by atoms with van der Waals surface area (Å²) < 4.78 is 28.4. The molecule has 0 bridgehead atoms. The molecule has 0 saturated carbocycles. The SMILES string of the molecule is CCOC(=O)CN(CCc1ccc(S(N)(=O)=O)cc1)C(=O)CC1C(=O)N(C(Cl)Cc2ccc(Cl)cc2)CC(=O)N1CCc1cccs1. The van der Waals surface area contributed by atoms with Gasteiger partial charge in [0.15, 0.2) is 0 Å². The maximum atomic E-state index is 14.0. The van der Waals surface area contributed by atoms with Crippen LogP contribution >= 0.6 is 34.5 Å². The predicted octanol–water partition coefficient (Wildman–Crippen LogP) is 3.46. The quantitative estimate of drug-likeness (QED) is 0.144. The summed E-state index contributed by atoms with van der Waals surface area (Å²) in [5.74, 6) is -1.96. The van der Waals surface area contributed by atoms with Gasteiger partial charge in [-0.15, -0.1) is 11.3 Å². The molecule has 1 aliphatic heterocycles. The summed E-state index contributed by atoms with van der Waals surface area (Å²) in [5.41, 5.74) is 0.652. The zero-order valence-corrected chi connectivity index (χ0v) is 28.9. The van der Waals surface area contributed by atoms with Gasteiger partial charge in [0.2, 0.25) is 27.7 Å². The van der Waals surface area contributed by atoms with E-state index in [2.05, 4.69) is 0 Å². The Morgan fingerprint density at radius 3 is 2.36 bits per heavy atom. The normalized spacial score (nSPS) is 15.9. The summed E-state index contributed by atoms with van der Waals surface area (Å²) in [4.78, 5) is 58.9. The van der Waals surface area contributed by atoms with Gasteiger partial charge in [-0.05, 0) is 66.6 Å². The first-order valence-corrected chi connectivity index (χ1v) is 18.2. The van der Waals surface area contributed by atoms with Gasteiger partial charge in [-0.1, -0.05) is 53.5 Å². The highest BCUT2D eigenvalue weighted by molar-refractivity contribution is 7.89. The molecule has 3 amide bonds. The van der Waals surface area contributed by atoms with E-state index < -0.39 is 39.3 Å². The molecular formula is C32H36Cl2N4O7S2. The van der Waals surface area contributed by atoms with Crippen molar-refractivity contribution in [2.45, 2.75) is 49.0 Å². The first kappa shape index (κ1) is 36.3. The second-order valence-corrected chi connectivity index (χ2v) is 14.5. The lowest BCUT2D eigenvalue weighted by atomic mass is 10.0. The number of nitrogens with two attached hydrogens (primary N) is 1. The zero-order chi connectivity index (χ0) is 34.1. The van der Waals surface area contributed by atoms with Crippen LogP contribution < -0.4 is 5.14 Å². The van der Waals surface area contributed by atoms with Crippen LogP contribution in [0.25, 0.3) is 0 Å². The summed E-state index contributed by atoms with van der Waals surface area (Å²) in [7, 11) is -3.88. The van der Waals surface area contributed by atoms with Crippen molar-refractivity contribution < 1.29 is 32.3 Å². The second kappa shape index (κ2) is 16.6. The average molecular weight is 724 g/mol. The number of thiophene rings is 1. The number of hydrogen-bond acceptors (Lipinski definition) is 8. The molecule has 2 aromatic carbocycles. The number of rotatable bonds is 15. The van der Waals surface area contributed by atoms with E-state index >= 15 is 0 Å². The molecule has 1 aromatic heterocycles. The molecule has 0 radical (unpaired) electrons. The number of carbonyl (C=O) groups excluding carboxylic acids is 4. The van der Waals surface area contributed by atoms with Crippen LogP contribution in [-0.2, 0) is 53.2 Å². The summed E-state index contributed by atoms with van der Waals surface area (Å²) in [6.07, 6.45) is 0.650. The topological polar surface area (TPSA) is 147 Å². The van der Waals surface area contributed by atoms with Crippen LogP contribution in [0.2, 0.25) is 5.02 Å². The number of alkyl halides is 1.